The van der Waals surface area contributed by atoms with E-state index in [2.05, 4.69) is 9.97 Å². The van der Waals surface area contributed by atoms with Crippen LogP contribution in [0, 0.1) is 17.0 Å². The van der Waals surface area contributed by atoms with E-state index in [0.717, 1.165) is 5.69 Å². The van der Waals surface area contributed by atoms with Crippen molar-refractivity contribution in [3.05, 3.63) is 51.8 Å². The van der Waals surface area contributed by atoms with Crippen LogP contribution < -0.4 is 0 Å². The first-order valence-electron chi connectivity index (χ1n) is 5.74. The molecule has 20 heavy (non-hydrogen) atoms. The maximum atomic E-state index is 11.5. The molecule has 2 aromatic rings. The standard InChI is InChI=1S/C13H11N3O3S/c1-8-5-6-14-13(15-8)20-10-3-4-12(16(18)19)11(7-10)9(2)17/h3-7H,1-2H3. The van der Waals surface area contributed by atoms with E-state index in [4.69, 9.17) is 0 Å². The van der Waals surface area contributed by atoms with Crippen molar-refractivity contribution in [2.45, 2.75) is 23.9 Å². The molecule has 1 heterocycles. The molecule has 0 amide bonds. The Bertz CT molecular complexity index is 688. The highest BCUT2D eigenvalue weighted by Gasteiger charge is 2.18. The van der Waals surface area contributed by atoms with Crippen LogP contribution in [0.15, 0.2) is 40.5 Å². The van der Waals surface area contributed by atoms with E-state index in [-0.39, 0.29) is 17.0 Å². The molecule has 7 heteroatoms. The first kappa shape index (κ1) is 14.1. The van der Waals surface area contributed by atoms with Gasteiger partial charge in [0.25, 0.3) is 5.69 Å². The molecule has 0 aliphatic rings. The Morgan fingerprint density at radius 2 is 2.10 bits per heavy atom. The topological polar surface area (TPSA) is 86.0 Å². The van der Waals surface area contributed by atoms with Crippen molar-refractivity contribution in [3.63, 3.8) is 0 Å². The normalized spacial score (nSPS) is 10.3. The van der Waals surface area contributed by atoms with Gasteiger partial charge in [0, 0.05) is 22.9 Å². The van der Waals surface area contributed by atoms with Gasteiger partial charge >= 0.3 is 0 Å². The maximum Gasteiger partial charge on any atom is 0.280 e. The van der Waals surface area contributed by atoms with Gasteiger partial charge in [-0.1, -0.05) is 0 Å². The third-order valence-electron chi connectivity index (χ3n) is 2.53. The minimum absolute atomic E-state index is 0.0904. The van der Waals surface area contributed by atoms with E-state index < -0.39 is 4.92 Å². The summed E-state index contributed by atoms with van der Waals surface area (Å²) in [7, 11) is 0. The molecule has 0 aliphatic carbocycles. The van der Waals surface area contributed by atoms with Crippen molar-refractivity contribution in [1.29, 1.82) is 0 Å². The second kappa shape index (κ2) is 5.79. The van der Waals surface area contributed by atoms with Crippen LogP contribution in [0.5, 0.6) is 0 Å². The number of aromatic nitrogens is 2. The molecule has 0 fully saturated rings. The lowest BCUT2D eigenvalue weighted by molar-refractivity contribution is -0.385. The Labute approximate surface area is 119 Å². The van der Waals surface area contributed by atoms with Gasteiger partial charge in [0.15, 0.2) is 10.9 Å². The number of carbonyl (C=O) groups excluding carboxylic acids is 1. The molecule has 1 aromatic carbocycles. The lowest BCUT2D eigenvalue weighted by atomic mass is 10.1. The number of rotatable bonds is 4. The first-order chi connectivity index (χ1) is 9.47. The lowest BCUT2D eigenvalue weighted by Gasteiger charge is -2.04. The van der Waals surface area contributed by atoms with E-state index in [9.17, 15) is 14.9 Å². The fourth-order valence-electron chi connectivity index (χ4n) is 1.60. The Morgan fingerprint density at radius 1 is 1.35 bits per heavy atom. The highest BCUT2D eigenvalue weighted by molar-refractivity contribution is 7.99. The van der Waals surface area contributed by atoms with Crippen LogP contribution in [0.4, 0.5) is 5.69 Å². The maximum absolute atomic E-state index is 11.5. The predicted molar refractivity (Wildman–Crippen MR) is 74.0 cm³/mol. The Kier molecular flexibility index (Phi) is 4.09. The average Bonchev–Trinajstić information content (AvgIpc) is 2.38. The van der Waals surface area contributed by atoms with Crippen molar-refractivity contribution in [1.82, 2.24) is 9.97 Å². The number of nitrogens with zero attached hydrogens (tertiary/aromatic N) is 3. The van der Waals surface area contributed by atoms with Crippen molar-refractivity contribution >= 4 is 23.2 Å². The van der Waals surface area contributed by atoms with Crippen LogP contribution in [0.2, 0.25) is 0 Å². The molecule has 0 bridgehead atoms. The summed E-state index contributed by atoms with van der Waals surface area (Å²) >= 11 is 1.26. The Hall–Kier alpha value is -2.28. The van der Waals surface area contributed by atoms with Gasteiger partial charge in [0.05, 0.1) is 10.5 Å². The molecule has 0 spiro atoms. The molecular formula is C13H11N3O3S. The monoisotopic (exact) mass is 289 g/mol. The molecule has 0 radical (unpaired) electrons. The van der Waals surface area contributed by atoms with Gasteiger partial charge in [0.2, 0.25) is 0 Å². The zero-order chi connectivity index (χ0) is 14.7. The molecule has 0 saturated carbocycles. The number of carbonyl (C=O) groups is 1. The number of aryl methyl sites for hydroxylation is 1. The van der Waals surface area contributed by atoms with Gasteiger partial charge in [-0.2, -0.15) is 0 Å². The SMILES string of the molecule is CC(=O)c1cc(Sc2nccc(C)n2)ccc1[N+](=O)[O-]. The number of nitro benzene ring substituents is 1. The van der Waals surface area contributed by atoms with Gasteiger partial charge in [-0.15, -0.1) is 0 Å². The predicted octanol–water partition coefficient (Wildman–Crippen LogP) is 3.05. The highest BCUT2D eigenvalue weighted by Crippen LogP contribution is 2.29. The summed E-state index contributed by atoms with van der Waals surface area (Å²) in [6.45, 7) is 3.16. The molecular weight excluding hydrogens is 278 g/mol. The number of nitro groups is 1. The largest absolute Gasteiger partial charge is 0.294 e. The van der Waals surface area contributed by atoms with Crippen molar-refractivity contribution in [3.8, 4) is 0 Å². The van der Waals surface area contributed by atoms with E-state index in [1.54, 1.807) is 18.3 Å². The molecule has 6 nitrogen and oxygen atoms in total. The van der Waals surface area contributed by atoms with E-state index in [1.807, 2.05) is 6.92 Å². The van der Waals surface area contributed by atoms with Crippen LogP contribution in [0.25, 0.3) is 0 Å². The zero-order valence-corrected chi connectivity index (χ0v) is 11.7. The second-order valence-electron chi connectivity index (χ2n) is 4.07. The van der Waals surface area contributed by atoms with Gasteiger partial charge in [0.1, 0.15) is 0 Å². The zero-order valence-electron chi connectivity index (χ0n) is 10.9. The molecule has 102 valence electrons. The van der Waals surface area contributed by atoms with Gasteiger partial charge in [-0.05, 0) is 43.8 Å². The minimum atomic E-state index is -0.561. The van der Waals surface area contributed by atoms with Crippen molar-refractivity contribution in [2.24, 2.45) is 0 Å². The van der Waals surface area contributed by atoms with Gasteiger partial charge < -0.3 is 0 Å². The molecule has 0 aliphatic heterocycles. The Morgan fingerprint density at radius 3 is 2.70 bits per heavy atom. The summed E-state index contributed by atoms with van der Waals surface area (Å²) in [5.41, 5.74) is 0.732. The first-order valence-corrected chi connectivity index (χ1v) is 6.56. The number of Topliss-reactive ketones (excluding diaryl/α,β-unsaturated/α-hetero) is 1. The summed E-state index contributed by atoms with van der Waals surface area (Å²) < 4.78 is 0. The quantitative estimate of drug-likeness (QED) is 0.372. The molecule has 0 saturated heterocycles. The summed E-state index contributed by atoms with van der Waals surface area (Å²) in [5.74, 6) is -0.343. The molecule has 0 unspecified atom stereocenters. The summed E-state index contributed by atoms with van der Waals surface area (Å²) in [6.07, 6.45) is 1.64. The van der Waals surface area contributed by atoms with E-state index in [0.29, 0.717) is 10.1 Å². The number of hydrogen-bond donors (Lipinski definition) is 0. The van der Waals surface area contributed by atoms with Crippen molar-refractivity contribution < 1.29 is 9.72 Å². The smallest absolute Gasteiger partial charge is 0.280 e. The van der Waals surface area contributed by atoms with Crippen LogP contribution >= 0.6 is 11.8 Å². The number of benzene rings is 1. The number of ketones is 1. The second-order valence-corrected chi connectivity index (χ2v) is 5.12. The number of hydrogen-bond acceptors (Lipinski definition) is 6. The summed E-state index contributed by atoms with van der Waals surface area (Å²) in [4.78, 5) is 30.8. The average molecular weight is 289 g/mol. The summed E-state index contributed by atoms with van der Waals surface area (Å²) in [5, 5.41) is 11.4. The lowest BCUT2D eigenvalue weighted by Crippen LogP contribution is -2.00. The third kappa shape index (κ3) is 3.18. The minimum Gasteiger partial charge on any atom is -0.294 e. The molecule has 0 N–H and O–H groups in total. The third-order valence-corrected chi connectivity index (χ3v) is 3.39. The van der Waals surface area contributed by atoms with Crippen molar-refractivity contribution in [2.75, 3.05) is 0 Å². The highest BCUT2D eigenvalue weighted by atomic mass is 32.2. The van der Waals surface area contributed by atoms with Gasteiger partial charge in [-0.25, -0.2) is 9.97 Å². The molecule has 0 atom stereocenters. The van der Waals surface area contributed by atoms with E-state index >= 15 is 0 Å². The fourth-order valence-corrected chi connectivity index (χ4v) is 2.43. The van der Waals surface area contributed by atoms with Crippen LogP contribution in [-0.2, 0) is 0 Å². The van der Waals surface area contributed by atoms with Crippen LogP contribution in [-0.4, -0.2) is 20.7 Å². The molecule has 1 aromatic heterocycles. The van der Waals surface area contributed by atoms with E-state index in [1.165, 1.54) is 30.8 Å². The molecule has 2 rings (SSSR count). The van der Waals surface area contributed by atoms with Gasteiger partial charge in [-0.3, -0.25) is 14.9 Å². The summed E-state index contributed by atoms with van der Waals surface area (Å²) in [6, 6.07) is 6.19. The van der Waals surface area contributed by atoms with Crippen LogP contribution in [0.3, 0.4) is 0 Å². The Balaban J connectivity index is 2.36. The fraction of sp³-hybridized carbons (Fsp3) is 0.154. The van der Waals surface area contributed by atoms with Crippen LogP contribution in [0.1, 0.15) is 23.0 Å².